The lowest BCUT2D eigenvalue weighted by atomic mass is 10.3. The molecule has 3 heteroatoms. The molecular formula is C12H17BrN2. The first-order chi connectivity index (χ1) is 7.29. The van der Waals surface area contributed by atoms with Crippen LogP contribution in [0.3, 0.4) is 0 Å². The van der Waals surface area contributed by atoms with E-state index in [1.807, 2.05) is 0 Å². The van der Waals surface area contributed by atoms with Gasteiger partial charge in [0.2, 0.25) is 0 Å². The van der Waals surface area contributed by atoms with Gasteiger partial charge in [-0.05, 0) is 31.9 Å². The van der Waals surface area contributed by atoms with E-state index in [0.29, 0.717) is 0 Å². The molecule has 0 radical (unpaired) electrons. The van der Waals surface area contributed by atoms with Gasteiger partial charge in [0, 0.05) is 30.2 Å². The van der Waals surface area contributed by atoms with Gasteiger partial charge >= 0.3 is 0 Å². The Morgan fingerprint density at radius 1 is 1.47 bits per heavy atom. The van der Waals surface area contributed by atoms with Crippen LogP contribution >= 0.6 is 15.9 Å². The second-order valence-corrected chi connectivity index (χ2v) is 4.95. The maximum absolute atomic E-state index is 4.55. The van der Waals surface area contributed by atoms with E-state index in [-0.39, 0.29) is 0 Å². The number of hydrogen-bond donors (Lipinski definition) is 0. The van der Waals surface area contributed by atoms with Gasteiger partial charge < -0.3 is 0 Å². The molecule has 1 aliphatic rings. The third-order valence-electron chi connectivity index (χ3n) is 2.75. The van der Waals surface area contributed by atoms with E-state index in [0.717, 1.165) is 30.2 Å². The molecule has 2 nitrogen and oxygen atoms in total. The number of alkyl halides is 1. The first kappa shape index (κ1) is 11.1. The molecular weight excluding hydrogens is 252 g/mol. The van der Waals surface area contributed by atoms with Crippen molar-refractivity contribution in [2.24, 2.45) is 0 Å². The molecule has 1 aliphatic carbocycles. The van der Waals surface area contributed by atoms with Crippen molar-refractivity contribution >= 4 is 15.9 Å². The van der Waals surface area contributed by atoms with Crippen LogP contribution in [0.2, 0.25) is 0 Å². The minimum absolute atomic E-state index is 0.810. The summed E-state index contributed by atoms with van der Waals surface area (Å²) in [7, 11) is 0. The van der Waals surface area contributed by atoms with Crippen LogP contribution < -0.4 is 0 Å². The predicted molar refractivity (Wildman–Crippen MR) is 66.2 cm³/mol. The van der Waals surface area contributed by atoms with Crippen LogP contribution in [-0.2, 0) is 6.54 Å². The van der Waals surface area contributed by atoms with E-state index in [2.05, 4.69) is 50.9 Å². The first-order valence-electron chi connectivity index (χ1n) is 5.52. The average molecular weight is 269 g/mol. The maximum Gasteiger partial charge on any atom is 0.0547 e. The Labute approximate surface area is 99.8 Å². The van der Waals surface area contributed by atoms with Crippen molar-refractivity contribution in [2.45, 2.75) is 32.4 Å². The Hall–Kier alpha value is -0.410. The summed E-state index contributed by atoms with van der Waals surface area (Å²) in [6, 6.07) is 7.08. The molecule has 1 fully saturated rings. The smallest absolute Gasteiger partial charge is 0.0547 e. The zero-order valence-corrected chi connectivity index (χ0v) is 10.7. The molecule has 1 aromatic heterocycles. The van der Waals surface area contributed by atoms with Gasteiger partial charge in [-0.2, -0.15) is 0 Å². The maximum atomic E-state index is 4.55. The zero-order valence-electron chi connectivity index (χ0n) is 9.12. The summed E-state index contributed by atoms with van der Waals surface area (Å²) < 4.78 is 0. The van der Waals surface area contributed by atoms with E-state index in [1.54, 1.807) is 0 Å². The van der Waals surface area contributed by atoms with Gasteiger partial charge in [0.15, 0.2) is 0 Å². The van der Waals surface area contributed by atoms with Gasteiger partial charge in [-0.1, -0.05) is 22.0 Å². The average Bonchev–Trinajstić information content (AvgIpc) is 3.00. The van der Waals surface area contributed by atoms with Crippen LogP contribution in [0.4, 0.5) is 0 Å². The SMILES string of the molecule is Cc1cccc(CN(CCBr)C2CC2)n1. The lowest BCUT2D eigenvalue weighted by Crippen LogP contribution is -2.27. The van der Waals surface area contributed by atoms with Crippen molar-refractivity contribution < 1.29 is 0 Å². The number of aryl methyl sites for hydroxylation is 1. The number of rotatable bonds is 5. The van der Waals surface area contributed by atoms with Crippen molar-refractivity contribution in [1.29, 1.82) is 0 Å². The van der Waals surface area contributed by atoms with E-state index in [9.17, 15) is 0 Å². The topological polar surface area (TPSA) is 16.1 Å². The summed E-state index contributed by atoms with van der Waals surface area (Å²) in [4.78, 5) is 7.07. The first-order valence-corrected chi connectivity index (χ1v) is 6.64. The molecule has 0 atom stereocenters. The Balaban J connectivity index is 1.98. The molecule has 1 aromatic rings. The molecule has 0 aromatic carbocycles. The van der Waals surface area contributed by atoms with Crippen molar-refractivity contribution in [3.8, 4) is 0 Å². The largest absolute Gasteiger partial charge is 0.294 e. The molecule has 0 spiro atoms. The highest BCUT2D eigenvalue weighted by Crippen LogP contribution is 2.27. The minimum atomic E-state index is 0.810. The van der Waals surface area contributed by atoms with Gasteiger partial charge in [-0.3, -0.25) is 9.88 Å². The Morgan fingerprint density at radius 2 is 2.27 bits per heavy atom. The summed E-state index contributed by atoms with van der Waals surface area (Å²) in [6.07, 6.45) is 2.72. The lowest BCUT2D eigenvalue weighted by molar-refractivity contribution is 0.269. The van der Waals surface area contributed by atoms with Crippen LogP contribution in [0.5, 0.6) is 0 Å². The van der Waals surface area contributed by atoms with Crippen LogP contribution in [0, 0.1) is 6.92 Å². The quantitative estimate of drug-likeness (QED) is 0.764. The molecule has 0 amide bonds. The Kier molecular flexibility index (Phi) is 3.76. The van der Waals surface area contributed by atoms with Gasteiger partial charge in [0.1, 0.15) is 0 Å². The van der Waals surface area contributed by atoms with Crippen molar-refractivity contribution in [3.05, 3.63) is 29.6 Å². The van der Waals surface area contributed by atoms with Crippen LogP contribution in [0.1, 0.15) is 24.2 Å². The fraction of sp³-hybridized carbons (Fsp3) is 0.583. The molecule has 2 rings (SSSR count). The van der Waals surface area contributed by atoms with Gasteiger partial charge in [-0.25, -0.2) is 0 Å². The highest BCUT2D eigenvalue weighted by Gasteiger charge is 2.28. The molecule has 1 heterocycles. The number of aromatic nitrogens is 1. The van der Waals surface area contributed by atoms with Crippen LogP contribution in [0.15, 0.2) is 18.2 Å². The summed E-state index contributed by atoms with van der Waals surface area (Å²) in [5.41, 5.74) is 2.31. The van der Waals surface area contributed by atoms with Crippen molar-refractivity contribution in [3.63, 3.8) is 0 Å². The summed E-state index contributed by atoms with van der Waals surface area (Å²) in [5, 5.41) is 1.05. The lowest BCUT2D eigenvalue weighted by Gasteiger charge is -2.20. The van der Waals surface area contributed by atoms with Crippen LogP contribution in [0.25, 0.3) is 0 Å². The molecule has 15 heavy (non-hydrogen) atoms. The number of pyridine rings is 1. The second-order valence-electron chi connectivity index (χ2n) is 4.16. The molecule has 82 valence electrons. The van der Waals surface area contributed by atoms with E-state index < -0.39 is 0 Å². The van der Waals surface area contributed by atoms with Crippen molar-refractivity contribution in [2.75, 3.05) is 11.9 Å². The number of nitrogens with zero attached hydrogens (tertiary/aromatic N) is 2. The third kappa shape index (κ3) is 3.28. The van der Waals surface area contributed by atoms with E-state index in [4.69, 9.17) is 0 Å². The standard InChI is InChI=1S/C12H17BrN2/c1-10-3-2-4-11(14-10)9-15(8-7-13)12-5-6-12/h2-4,12H,5-9H2,1H3. The van der Waals surface area contributed by atoms with Gasteiger partial charge in [0.05, 0.1) is 5.69 Å². The second kappa shape index (κ2) is 5.08. The third-order valence-corrected chi connectivity index (χ3v) is 3.10. The summed E-state index contributed by atoms with van der Waals surface area (Å²) in [5.74, 6) is 0. The molecule has 0 bridgehead atoms. The zero-order chi connectivity index (χ0) is 10.7. The molecule has 0 N–H and O–H groups in total. The van der Waals surface area contributed by atoms with Gasteiger partial charge in [-0.15, -0.1) is 0 Å². The van der Waals surface area contributed by atoms with Gasteiger partial charge in [0.25, 0.3) is 0 Å². The Bertz CT molecular complexity index is 323. The summed E-state index contributed by atoms with van der Waals surface area (Å²) in [6.45, 7) is 4.17. The molecule has 1 saturated carbocycles. The fourth-order valence-electron chi connectivity index (χ4n) is 1.83. The number of halogens is 1. The highest BCUT2D eigenvalue weighted by atomic mass is 79.9. The number of hydrogen-bond acceptors (Lipinski definition) is 2. The van der Waals surface area contributed by atoms with Crippen LogP contribution in [-0.4, -0.2) is 27.8 Å². The van der Waals surface area contributed by atoms with E-state index in [1.165, 1.54) is 18.5 Å². The molecule has 0 unspecified atom stereocenters. The van der Waals surface area contributed by atoms with E-state index >= 15 is 0 Å². The van der Waals surface area contributed by atoms with Crippen molar-refractivity contribution in [1.82, 2.24) is 9.88 Å². The normalized spacial score (nSPS) is 15.9. The monoisotopic (exact) mass is 268 g/mol. The molecule has 0 saturated heterocycles. The summed E-state index contributed by atoms with van der Waals surface area (Å²) >= 11 is 3.51. The predicted octanol–water partition coefficient (Wildman–Crippen LogP) is 2.75. The molecule has 0 aliphatic heterocycles. The fourth-order valence-corrected chi connectivity index (χ4v) is 2.29. The minimum Gasteiger partial charge on any atom is -0.294 e. The Morgan fingerprint density at radius 3 is 2.87 bits per heavy atom. The highest BCUT2D eigenvalue weighted by molar-refractivity contribution is 9.09.